The maximum absolute atomic E-state index is 13.3. The molecule has 2 rings (SSSR count). The van der Waals surface area contributed by atoms with E-state index in [1.54, 1.807) is 0 Å². The third-order valence-corrected chi connectivity index (χ3v) is 3.54. The van der Waals surface area contributed by atoms with Crippen LogP contribution in [-0.4, -0.2) is 34.5 Å². The van der Waals surface area contributed by atoms with Crippen LogP contribution in [0.4, 0.5) is 10.1 Å². The lowest BCUT2D eigenvalue weighted by molar-refractivity contribution is -0.142. The average Bonchev–Trinajstić information content (AvgIpc) is 2.66. The van der Waals surface area contributed by atoms with E-state index in [1.807, 2.05) is 0 Å². The number of carboxylic acids is 1. The molecule has 6 heteroatoms. The predicted molar refractivity (Wildman–Crippen MR) is 71.7 cm³/mol. The van der Waals surface area contributed by atoms with Gasteiger partial charge in [0.15, 0.2) is 0 Å². The van der Waals surface area contributed by atoms with Crippen LogP contribution in [0.3, 0.4) is 0 Å². The molecule has 1 unspecified atom stereocenters. The Kier molecular flexibility index (Phi) is 4.22. The zero-order valence-corrected chi connectivity index (χ0v) is 11.0. The van der Waals surface area contributed by atoms with Crippen molar-refractivity contribution >= 4 is 17.6 Å². The zero-order valence-electron chi connectivity index (χ0n) is 11.0. The topological polar surface area (TPSA) is 83.6 Å². The number of carbonyl (C=O) groups excluding carboxylic acids is 1. The number of nitrogens with zero attached hydrogens (tertiary/aromatic N) is 1. The van der Waals surface area contributed by atoms with Crippen LogP contribution < -0.4 is 5.73 Å². The van der Waals surface area contributed by atoms with Crippen LogP contribution in [0.2, 0.25) is 0 Å². The number of rotatable bonds is 2. The molecule has 0 aliphatic carbocycles. The predicted octanol–water partition coefficient (Wildman–Crippen LogP) is 1.88. The van der Waals surface area contributed by atoms with Crippen molar-refractivity contribution in [2.75, 3.05) is 12.3 Å². The summed E-state index contributed by atoms with van der Waals surface area (Å²) in [6, 6.07) is 2.67. The maximum atomic E-state index is 13.3. The lowest BCUT2D eigenvalue weighted by atomic mass is 10.1. The summed E-state index contributed by atoms with van der Waals surface area (Å²) in [5.74, 6) is -2.12. The first-order valence-electron chi connectivity index (χ1n) is 6.59. The van der Waals surface area contributed by atoms with Gasteiger partial charge in [-0.2, -0.15) is 0 Å². The van der Waals surface area contributed by atoms with Gasteiger partial charge in [0.25, 0.3) is 5.91 Å². The minimum Gasteiger partial charge on any atom is -0.480 e. The second-order valence-electron chi connectivity index (χ2n) is 4.93. The number of halogens is 1. The Morgan fingerprint density at radius 3 is 2.75 bits per heavy atom. The number of nitrogens with two attached hydrogens (primary N) is 1. The highest BCUT2D eigenvalue weighted by Gasteiger charge is 2.32. The van der Waals surface area contributed by atoms with E-state index in [0.717, 1.165) is 25.3 Å². The number of carboxylic acid groups (broad SMARTS) is 1. The van der Waals surface area contributed by atoms with Gasteiger partial charge in [0.1, 0.15) is 11.9 Å². The van der Waals surface area contributed by atoms with E-state index in [-0.39, 0.29) is 11.3 Å². The Labute approximate surface area is 116 Å². The van der Waals surface area contributed by atoms with Crippen molar-refractivity contribution in [2.45, 2.75) is 31.7 Å². The molecule has 1 fully saturated rings. The van der Waals surface area contributed by atoms with Crippen LogP contribution in [-0.2, 0) is 4.79 Å². The molecule has 1 aromatic rings. The van der Waals surface area contributed by atoms with Crippen molar-refractivity contribution in [2.24, 2.45) is 0 Å². The normalized spacial score (nSPS) is 19.4. The van der Waals surface area contributed by atoms with Gasteiger partial charge in [-0.25, -0.2) is 9.18 Å². The van der Waals surface area contributed by atoms with E-state index in [4.69, 9.17) is 5.73 Å². The highest BCUT2D eigenvalue weighted by molar-refractivity contribution is 6.00. The Bertz CT molecular complexity index is 533. The van der Waals surface area contributed by atoms with Gasteiger partial charge < -0.3 is 15.7 Å². The smallest absolute Gasteiger partial charge is 0.326 e. The second-order valence-corrected chi connectivity index (χ2v) is 4.93. The first-order valence-corrected chi connectivity index (χ1v) is 6.59. The van der Waals surface area contributed by atoms with E-state index >= 15 is 0 Å². The van der Waals surface area contributed by atoms with Crippen LogP contribution in [0.25, 0.3) is 0 Å². The van der Waals surface area contributed by atoms with Crippen molar-refractivity contribution in [1.82, 2.24) is 4.90 Å². The van der Waals surface area contributed by atoms with Gasteiger partial charge in [-0.1, -0.05) is 12.8 Å². The molecule has 5 nitrogen and oxygen atoms in total. The van der Waals surface area contributed by atoms with E-state index < -0.39 is 23.7 Å². The molecule has 0 bridgehead atoms. The van der Waals surface area contributed by atoms with E-state index in [9.17, 15) is 19.1 Å². The van der Waals surface area contributed by atoms with Crippen molar-refractivity contribution < 1.29 is 19.1 Å². The fourth-order valence-electron chi connectivity index (χ4n) is 2.48. The third kappa shape index (κ3) is 2.89. The number of nitrogen functional groups attached to an aromatic ring is 1. The zero-order chi connectivity index (χ0) is 14.7. The van der Waals surface area contributed by atoms with Gasteiger partial charge >= 0.3 is 5.97 Å². The molecule has 1 aromatic carbocycles. The number of benzene rings is 1. The highest BCUT2D eigenvalue weighted by atomic mass is 19.1. The molecule has 1 heterocycles. The van der Waals surface area contributed by atoms with Crippen LogP contribution >= 0.6 is 0 Å². The number of aliphatic carboxylic acids is 1. The quantitative estimate of drug-likeness (QED) is 0.810. The van der Waals surface area contributed by atoms with Gasteiger partial charge in [-0.05, 0) is 31.0 Å². The molecule has 1 aliphatic rings. The molecule has 1 saturated heterocycles. The fraction of sp³-hybridized carbons (Fsp3) is 0.429. The van der Waals surface area contributed by atoms with Gasteiger partial charge in [0.05, 0.1) is 5.56 Å². The van der Waals surface area contributed by atoms with Crippen LogP contribution in [0, 0.1) is 5.82 Å². The molecule has 108 valence electrons. The lowest BCUT2D eigenvalue weighted by Gasteiger charge is -2.27. The number of anilines is 1. The summed E-state index contributed by atoms with van der Waals surface area (Å²) < 4.78 is 13.3. The van der Waals surface area contributed by atoms with Crippen LogP contribution in [0.5, 0.6) is 0 Å². The van der Waals surface area contributed by atoms with Crippen molar-refractivity contribution in [3.63, 3.8) is 0 Å². The summed E-state index contributed by atoms with van der Waals surface area (Å²) in [6.45, 7) is 0.353. The SMILES string of the molecule is Nc1ccc(F)cc1C(=O)N1CCCCCC1C(=O)O. The van der Waals surface area contributed by atoms with E-state index in [2.05, 4.69) is 0 Å². The largest absolute Gasteiger partial charge is 0.480 e. The second kappa shape index (κ2) is 5.90. The molecule has 0 spiro atoms. The first-order chi connectivity index (χ1) is 9.50. The summed E-state index contributed by atoms with van der Waals surface area (Å²) in [5.41, 5.74) is 5.88. The van der Waals surface area contributed by atoms with Crippen molar-refractivity contribution in [3.05, 3.63) is 29.6 Å². The first kappa shape index (κ1) is 14.3. The Balaban J connectivity index is 2.33. The van der Waals surface area contributed by atoms with Gasteiger partial charge in [-0.3, -0.25) is 4.79 Å². The molecular weight excluding hydrogens is 263 g/mol. The monoisotopic (exact) mass is 280 g/mol. The summed E-state index contributed by atoms with van der Waals surface area (Å²) >= 11 is 0. The van der Waals surface area contributed by atoms with Crippen LogP contribution in [0.1, 0.15) is 36.0 Å². The highest BCUT2D eigenvalue weighted by Crippen LogP contribution is 2.22. The molecule has 1 aliphatic heterocycles. The number of carbonyl (C=O) groups is 2. The minimum atomic E-state index is -1.03. The Morgan fingerprint density at radius 2 is 2.05 bits per heavy atom. The van der Waals surface area contributed by atoms with Gasteiger partial charge in [0.2, 0.25) is 0 Å². The summed E-state index contributed by atoms with van der Waals surface area (Å²) in [6.07, 6.45) is 2.80. The van der Waals surface area contributed by atoms with E-state index in [1.165, 1.54) is 17.0 Å². The standard InChI is InChI=1S/C14H17FN2O3/c15-9-5-6-11(16)10(8-9)13(18)17-7-3-1-2-4-12(17)14(19)20/h5-6,8,12H,1-4,7,16H2,(H,19,20). The number of likely N-dealkylation sites (tertiary alicyclic amines) is 1. The third-order valence-electron chi connectivity index (χ3n) is 3.54. The van der Waals surface area contributed by atoms with Gasteiger partial charge in [0, 0.05) is 12.2 Å². The Morgan fingerprint density at radius 1 is 1.30 bits per heavy atom. The number of hydrogen-bond donors (Lipinski definition) is 2. The summed E-state index contributed by atoms with van der Waals surface area (Å²) in [4.78, 5) is 25.1. The molecule has 0 aromatic heterocycles. The average molecular weight is 280 g/mol. The van der Waals surface area contributed by atoms with Gasteiger partial charge in [-0.15, -0.1) is 0 Å². The van der Waals surface area contributed by atoms with Crippen LogP contribution in [0.15, 0.2) is 18.2 Å². The molecule has 0 saturated carbocycles. The number of hydrogen-bond acceptors (Lipinski definition) is 3. The molecule has 20 heavy (non-hydrogen) atoms. The fourth-order valence-corrected chi connectivity index (χ4v) is 2.48. The van der Waals surface area contributed by atoms with E-state index in [0.29, 0.717) is 13.0 Å². The molecule has 1 atom stereocenters. The molecule has 3 N–H and O–H groups in total. The lowest BCUT2D eigenvalue weighted by Crippen LogP contribution is -2.44. The van der Waals surface area contributed by atoms with Crippen molar-refractivity contribution in [1.29, 1.82) is 0 Å². The minimum absolute atomic E-state index is 0.0261. The van der Waals surface area contributed by atoms with Crippen molar-refractivity contribution in [3.8, 4) is 0 Å². The molecular formula is C14H17FN2O3. The molecule has 1 amide bonds. The maximum Gasteiger partial charge on any atom is 0.326 e. The Hall–Kier alpha value is -2.11. The molecule has 0 radical (unpaired) electrons. The number of amides is 1. The summed E-state index contributed by atoms with van der Waals surface area (Å²) in [7, 11) is 0. The summed E-state index contributed by atoms with van der Waals surface area (Å²) in [5, 5.41) is 9.25.